The fraction of sp³-hybridized carbons (Fsp3) is 0.0455. The number of hydrogen-bond acceptors (Lipinski definition) is 5. The van der Waals surface area contributed by atoms with Gasteiger partial charge in [0.25, 0.3) is 5.91 Å². The molecular weight excluding hydrogens is 389 g/mol. The van der Waals surface area contributed by atoms with Crippen molar-refractivity contribution in [1.29, 1.82) is 0 Å². The number of hydrogen-bond donors (Lipinski definition) is 0. The van der Waals surface area contributed by atoms with Crippen molar-refractivity contribution in [2.45, 2.75) is 6.54 Å². The van der Waals surface area contributed by atoms with Crippen LogP contribution in [0.2, 0.25) is 0 Å². The maximum absolute atomic E-state index is 13.0. The average molecular weight is 405 g/mol. The summed E-state index contributed by atoms with van der Waals surface area (Å²) in [6.45, 7) is 0.260. The van der Waals surface area contributed by atoms with Gasteiger partial charge < -0.3 is 4.42 Å². The second kappa shape index (κ2) is 8.70. The van der Waals surface area contributed by atoms with Crippen LogP contribution in [0, 0.1) is 5.82 Å². The van der Waals surface area contributed by atoms with Gasteiger partial charge in [0.05, 0.1) is 23.9 Å². The van der Waals surface area contributed by atoms with Crippen LogP contribution in [-0.4, -0.2) is 22.2 Å². The predicted octanol–water partition coefficient (Wildman–Crippen LogP) is 4.93. The highest BCUT2D eigenvalue weighted by atomic mass is 32.2. The Labute approximate surface area is 171 Å². The minimum absolute atomic E-state index is 0.161. The standard InChI is InChI=1S/C22H16FN3O2S/c23-18-10-8-17(9-11-18)14-24-25-22-26(15-19-7-4-12-28-19)21(27)20(29-22)13-16-5-2-1-3-6-16/h1-14H,15H2/b20-13-,24-14-,25-22+. The lowest BCUT2D eigenvalue weighted by atomic mass is 10.2. The molecule has 0 radical (unpaired) electrons. The third-order valence-corrected chi connectivity index (χ3v) is 5.10. The quantitative estimate of drug-likeness (QED) is 0.344. The number of amides is 1. The average Bonchev–Trinajstić information content (AvgIpc) is 3.35. The Hall–Kier alpha value is -3.45. The molecule has 5 nitrogen and oxygen atoms in total. The highest BCUT2D eigenvalue weighted by Gasteiger charge is 2.34. The number of carbonyl (C=O) groups excluding carboxylic acids is 1. The second-order valence-corrected chi connectivity index (χ2v) is 7.18. The monoisotopic (exact) mass is 405 g/mol. The van der Waals surface area contributed by atoms with Crippen molar-refractivity contribution < 1.29 is 13.6 Å². The van der Waals surface area contributed by atoms with E-state index < -0.39 is 0 Å². The van der Waals surface area contributed by atoms with Gasteiger partial charge in [-0.05, 0) is 53.2 Å². The molecule has 1 aliphatic heterocycles. The van der Waals surface area contributed by atoms with E-state index in [0.717, 1.165) is 5.56 Å². The summed E-state index contributed by atoms with van der Waals surface area (Å²) in [5.74, 6) is 0.173. The second-order valence-electron chi connectivity index (χ2n) is 6.17. The Morgan fingerprint density at radius 2 is 1.79 bits per heavy atom. The minimum Gasteiger partial charge on any atom is -0.467 e. The lowest BCUT2D eigenvalue weighted by molar-refractivity contribution is -0.122. The third kappa shape index (κ3) is 4.70. The van der Waals surface area contributed by atoms with E-state index in [4.69, 9.17) is 4.42 Å². The summed E-state index contributed by atoms with van der Waals surface area (Å²) in [5, 5.41) is 8.75. The Morgan fingerprint density at radius 1 is 1.00 bits per heavy atom. The van der Waals surface area contributed by atoms with E-state index in [1.165, 1.54) is 35.0 Å². The summed E-state index contributed by atoms with van der Waals surface area (Å²) in [5.41, 5.74) is 1.64. The molecule has 1 aliphatic rings. The fourth-order valence-corrected chi connectivity index (χ4v) is 3.61. The molecule has 0 atom stereocenters. The molecular formula is C22H16FN3O2S. The summed E-state index contributed by atoms with van der Waals surface area (Å²) in [6, 6.07) is 19.1. The van der Waals surface area contributed by atoms with E-state index in [0.29, 0.717) is 21.4 Å². The Morgan fingerprint density at radius 3 is 2.52 bits per heavy atom. The van der Waals surface area contributed by atoms with Crippen LogP contribution >= 0.6 is 11.8 Å². The van der Waals surface area contributed by atoms with Gasteiger partial charge in [-0.2, -0.15) is 5.10 Å². The van der Waals surface area contributed by atoms with Gasteiger partial charge in [0.1, 0.15) is 11.6 Å². The van der Waals surface area contributed by atoms with Crippen LogP contribution in [-0.2, 0) is 11.3 Å². The molecule has 3 aromatic rings. The summed E-state index contributed by atoms with van der Waals surface area (Å²) in [6.07, 6.45) is 4.91. The molecule has 0 unspecified atom stereocenters. The molecule has 0 saturated carbocycles. The number of nitrogens with zero attached hydrogens (tertiary/aromatic N) is 3. The molecule has 1 saturated heterocycles. The highest BCUT2D eigenvalue weighted by molar-refractivity contribution is 8.18. The number of thioether (sulfide) groups is 1. The summed E-state index contributed by atoms with van der Waals surface area (Å²) in [7, 11) is 0. The highest BCUT2D eigenvalue weighted by Crippen LogP contribution is 2.33. The third-order valence-electron chi connectivity index (χ3n) is 4.10. The molecule has 0 N–H and O–H groups in total. The van der Waals surface area contributed by atoms with Crippen molar-refractivity contribution in [3.8, 4) is 0 Å². The molecule has 4 rings (SSSR count). The normalized spacial score (nSPS) is 17.1. The van der Waals surface area contributed by atoms with Gasteiger partial charge >= 0.3 is 0 Å². The van der Waals surface area contributed by atoms with Crippen LogP contribution < -0.4 is 0 Å². The number of amidine groups is 1. The minimum atomic E-state index is -0.314. The van der Waals surface area contributed by atoms with E-state index in [1.807, 2.05) is 36.4 Å². The topological polar surface area (TPSA) is 58.2 Å². The summed E-state index contributed by atoms with van der Waals surface area (Å²) >= 11 is 1.25. The van der Waals surface area contributed by atoms with Crippen LogP contribution in [0.3, 0.4) is 0 Å². The maximum Gasteiger partial charge on any atom is 0.267 e. The van der Waals surface area contributed by atoms with E-state index in [9.17, 15) is 9.18 Å². The first-order valence-corrected chi connectivity index (χ1v) is 9.66. The lowest BCUT2D eigenvalue weighted by Gasteiger charge is -2.12. The molecule has 29 heavy (non-hydrogen) atoms. The zero-order valence-corrected chi connectivity index (χ0v) is 16.1. The number of halogens is 1. The first-order chi connectivity index (χ1) is 14.2. The molecule has 1 amide bonds. The van der Waals surface area contributed by atoms with Crippen molar-refractivity contribution in [3.63, 3.8) is 0 Å². The smallest absolute Gasteiger partial charge is 0.267 e. The van der Waals surface area contributed by atoms with Gasteiger partial charge in [-0.3, -0.25) is 9.69 Å². The Bertz CT molecular complexity index is 1080. The van der Waals surface area contributed by atoms with Crippen molar-refractivity contribution >= 4 is 35.1 Å². The Kier molecular flexibility index (Phi) is 5.67. The van der Waals surface area contributed by atoms with E-state index >= 15 is 0 Å². The largest absolute Gasteiger partial charge is 0.467 e. The number of carbonyl (C=O) groups is 1. The molecule has 0 bridgehead atoms. The summed E-state index contributed by atoms with van der Waals surface area (Å²) < 4.78 is 18.4. The molecule has 1 aromatic heterocycles. The maximum atomic E-state index is 13.0. The van der Waals surface area contributed by atoms with Crippen molar-refractivity contribution in [2.75, 3.05) is 0 Å². The predicted molar refractivity (Wildman–Crippen MR) is 113 cm³/mol. The molecule has 144 valence electrons. The number of rotatable bonds is 5. The van der Waals surface area contributed by atoms with E-state index in [2.05, 4.69) is 10.2 Å². The molecule has 7 heteroatoms. The van der Waals surface area contributed by atoms with Gasteiger partial charge in [-0.15, -0.1) is 5.10 Å². The Balaban J connectivity index is 1.60. The van der Waals surface area contributed by atoms with Gasteiger partial charge in [-0.1, -0.05) is 42.5 Å². The zero-order valence-electron chi connectivity index (χ0n) is 15.2. The fourth-order valence-electron chi connectivity index (χ4n) is 2.67. The van der Waals surface area contributed by atoms with Crippen LogP contribution in [0.5, 0.6) is 0 Å². The molecule has 2 aromatic carbocycles. The van der Waals surface area contributed by atoms with Crippen LogP contribution in [0.25, 0.3) is 6.08 Å². The van der Waals surface area contributed by atoms with Crippen molar-refractivity contribution in [3.05, 3.63) is 101 Å². The van der Waals surface area contributed by atoms with Crippen molar-refractivity contribution in [2.24, 2.45) is 10.2 Å². The molecule has 1 fully saturated rings. The van der Waals surface area contributed by atoms with Gasteiger partial charge in [0, 0.05) is 0 Å². The first kappa shape index (κ1) is 18.9. The number of benzene rings is 2. The van der Waals surface area contributed by atoms with E-state index in [1.54, 1.807) is 30.5 Å². The lowest BCUT2D eigenvalue weighted by Crippen LogP contribution is -2.28. The van der Waals surface area contributed by atoms with Crippen LogP contribution in [0.1, 0.15) is 16.9 Å². The summed E-state index contributed by atoms with van der Waals surface area (Å²) in [4.78, 5) is 15.0. The first-order valence-electron chi connectivity index (χ1n) is 8.84. The molecule has 0 spiro atoms. The zero-order chi connectivity index (χ0) is 20.1. The number of furan rings is 1. The molecule has 0 aliphatic carbocycles. The van der Waals surface area contributed by atoms with Crippen LogP contribution in [0.15, 0.2) is 92.5 Å². The van der Waals surface area contributed by atoms with Gasteiger partial charge in [0.2, 0.25) is 0 Å². The molecule has 2 heterocycles. The van der Waals surface area contributed by atoms with Crippen LogP contribution in [0.4, 0.5) is 4.39 Å². The van der Waals surface area contributed by atoms with Gasteiger partial charge in [-0.25, -0.2) is 4.39 Å². The van der Waals surface area contributed by atoms with Crippen molar-refractivity contribution in [1.82, 2.24) is 4.90 Å². The van der Waals surface area contributed by atoms with E-state index in [-0.39, 0.29) is 18.3 Å². The van der Waals surface area contributed by atoms with Gasteiger partial charge in [0.15, 0.2) is 5.17 Å². The SMILES string of the molecule is O=C1/C(=C/c2ccccc2)S/C(=N/N=C\c2ccc(F)cc2)N1Cc1ccco1.